The molecule has 1 amide bonds. The number of nitrogens with one attached hydrogen (secondary N) is 1. The van der Waals surface area contributed by atoms with E-state index in [0.29, 0.717) is 0 Å². The molecule has 4 nitrogen and oxygen atoms in total. The third-order valence-corrected chi connectivity index (χ3v) is 2.76. The van der Waals surface area contributed by atoms with Gasteiger partial charge in [-0.3, -0.25) is 4.79 Å². The molecule has 0 saturated heterocycles. The summed E-state index contributed by atoms with van der Waals surface area (Å²) in [4.78, 5) is 21.3. The van der Waals surface area contributed by atoms with Gasteiger partial charge in [0.2, 0.25) is 5.91 Å². The number of benzene rings is 1. The molecule has 2 N–H and O–H groups in total. The van der Waals surface area contributed by atoms with E-state index in [1.807, 2.05) is 0 Å². The maximum absolute atomic E-state index is 13.4. The van der Waals surface area contributed by atoms with Crippen molar-refractivity contribution in [2.24, 2.45) is 0 Å². The van der Waals surface area contributed by atoms with Crippen LogP contribution in [0, 0.1) is 0 Å². The number of anilines is 1. The average molecular weight is 298 g/mol. The van der Waals surface area contributed by atoms with Crippen molar-refractivity contribution in [2.75, 3.05) is 5.32 Å². The predicted molar refractivity (Wildman–Crippen MR) is 62.3 cm³/mol. The second-order valence-corrected chi connectivity index (χ2v) is 4.17. The maximum atomic E-state index is 13.4. The largest absolute Gasteiger partial charge is 0.477 e. The molecule has 0 aliphatic heterocycles. The number of amides is 1. The number of hydrogen-bond donors (Lipinski definition) is 2. The minimum Gasteiger partial charge on any atom is -0.477 e. The van der Waals surface area contributed by atoms with Gasteiger partial charge < -0.3 is 10.4 Å². The van der Waals surface area contributed by atoms with Gasteiger partial charge in [-0.1, -0.05) is 23.2 Å². The maximum Gasteiger partial charge on any atom is 0.379 e. The van der Waals surface area contributed by atoms with Crippen LogP contribution in [0.3, 0.4) is 0 Å². The molecular formula is C10H7Cl2F2NO3. The van der Waals surface area contributed by atoms with Crippen molar-refractivity contribution in [1.82, 2.24) is 0 Å². The van der Waals surface area contributed by atoms with Crippen molar-refractivity contribution in [3.63, 3.8) is 0 Å². The lowest BCUT2D eigenvalue weighted by Gasteiger charge is -2.15. The van der Waals surface area contributed by atoms with Gasteiger partial charge in [-0.2, -0.15) is 8.78 Å². The summed E-state index contributed by atoms with van der Waals surface area (Å²) < 4.78 is 26.8. The second kappa shape index (κ2) is 5.07. The summed E-state index contributed by atoms with van der Waals surface area (Å²) in [5.41, 5.74) is -1.04. The number of aliphatic carboxylic acids is 1. The van der Waals surface area contributed by atoms with Gasteiger partial charge in [0.05, 0.1) is 15.6 Å². The smallest absolute Gasteiger partial charge is 0.379 e. The molecule has 98 valence electrons. The summed E-state index contributed by atoms with van der Waals surface area (Å²) in [5.74, 6) is -7.08. The van der Waals surface area contributed by atoms with Crippen LogP contribution in [-0.4, -0.2) is 17.0 Å². The van der Waals surface area contributed by atoms with Crippen molar-refractivity contribution >= 4 is 40.8 Å². The van der Waals surface area contributed by atoms with E-state index in [1.165, 1.54) is 0 Å². The molecule has 1 aromatic rings. The summed E-state index contributed by atoms with van der Waals surface area (Å²) in [6, 6.07) is 1.91. The highest BCUT2D eigenvalue weighted by Crippen LogP contribution is 2.39. The van der Waals surface area contributed by atoms with E-state index >= 15 is 0 Å². The Labute approximate surface area is 110 Å². The van der Waals surface area contributed by atoms with Gasteiger partial charge in [-0.15, -0.1) is 0 Å². The normalized spacial score (nSPS) is 11.2. The first-order chi connectivity index (χ1) is 8.16. The van der Waals surface area contributed by atoms with Crippen molar-refractivity contribution < 1.29 is 23.5 Å². The molecule has 8 heteroatoms. The van der Waals surface area contributed by atoms with Crippen molar-refractivity contribution in [1.29, 1.82) is 0 Å². The number of carbonyl (C=O) groups excluding carboxylic acids is 1. The van der Waals surface area contributed by atoms with E-state index < -0.39 is 28.4 Å². The minimum absolute atomic E-state index is 0.0622. The number of carboxylic acid groups (broad SMARTS) is 1. The van der Waals surface area contributed by atoms with Gasteiger partial charge in [-0.05, 0) is 12.1 Å². The Kier molecular flexibility index (Phi) is 4.13. The van der Waals surface area contributed by atoms with E-state index in [-0.39, 0.29) is 10.7 Å². The standard InChI is InChI=1S/C10H7Cl2F2NO3/c1-4(16)15-5-2-6(8(12)7(11)3-5)10(13,14)9(17)18/h2-3H,1H3,(H,15,16)(H,17,18). The number of rotatable bonds is 3. The van der Waals surface area contributed by atoms with E-state index in [0.717, 1.165) is 19.1 Å². The number of halogens is 4. The first-order valence-corrected chi connectivity index (χ1v) is 5.30. The average Bonchev–Trinajstić information content (AvgIpc) is 2.21. The third-order valence-electron chi connectivity index (χ3n) is 1.96. The molecule has 0 radical (unpaired) electrons. The van der Waals surface area contributed by atoms with Crippen LogP contribution >= 0.6 is 23.2 Å². The van der Waals surface area contributed by atoms with Gasteiger partial charge in [0.15, 0.2) is 0 Å². The summed E-state index contributed by atoms with van der Waals surface area (Å²) in [6.07, 6.45) is 0. The predicted octanol–water partition coefficient (Wildman–Crippen LogP) is 3.13. The molecule has 0 spiro atoms. The molecule has 0 heterocycles. The van der Waals surface area contributed by atoms with Crippen LogP contribution in [0.15, 0.2) is 12.1 Å². The fourth-order valence-corrected chi connectivity index (χ4v) is 1.66. The molecular weight excluding hydrogens is 291 g/mol. The van der Waals surface area contributed by atoms with E-state index in [4.69, 9.17) is 28.3 Å². The molecule has 18 heavy (non-hydrogen) atoms. The Morgan fingerprint density at radius 2 is 1.89 bits per heavy atom. The van der Waals surface area contributed by atoms with Gasteiger partial charge in [0, 0.05) is 12.6 Å². The van der Waals surface area contributed by atoms with E-state index in [2.05, 4.69) is 5.32 Å². The van der Waals surface area contributed by atoms with Crippen molar-refractivity contribution in [2.45, 2.75) is 12.8 Å². The van der Waals surface area contributed by atoms with Crippen LogP contribution in [0.1, 0.15) is 12.5 Å². The van der Waals surface area contributed by atoms with Gasteiger partial charge >= 0.3 is 11.9 Å². The molecule has 0 bridgehead atoms. The summed E-state index contributed by atoms with van der Waals surface area (Å²) in [7, 11) is 0. The number of alkyl halides is 2. The zero-order valence-corrected chi connectivity index (χ0v) is 10.4. The molecule has 0 aromatic heterocycles. The lowest BCUT2D eigenvalue weighted by molar-refractivity contribution is -0.166. The van der Waals surface area contributed by atoms with Crippen LogP contribution in [-0.2, 0) is 15.5 Å². The Bertz CT molecular complexity index is 520. The molecule has 0 fully saturated rings. The zero-order valence-electron chi connectivity index (χ0n) is 8.93. The molecule has 0 atom stereocenters. The third kappa shape index (κ3) is 2.88. The Hall–Kier alpha value is -1.40. The van der Waals surface area contributed by atoms with Crippen molar-refractivity contribution in [3.8, 4) is 0 Å². The lowest BCUT2D eigenvalue weighted by atomic mass is 10.1. The summed E-state index contributed by atoms with van der Waals surface area (Å²) in [5, 5.41) is 9.81. The Balaban J connectivity index is 3.39. The molecule has 1 aromatic carbocycles. The molecule has 0 aliphatic carbocycles. The lowest BCUT2D eigenvalue weighted by Crippen LogP contribution is -2.26. The number of carboxylic acids is 1. The van der Waals surface area contributed by atoms with Gasteiger partial charge in [-0.25, -0.2) is 4.79 Å². The zero-order chi connectivity index (χ0) is 14.1. The van der Waals surface area contributed by atoms with Crippen LogP contribution in [0.25, 0.3) is 0 Å². The number of hydrogen-bond acceptors (Lipinski definition) is 2. The van der Waals surface area contributed by atoms with Crippen LogP contribution in [0.4, 0.5) is 14.5 Å². The molecule has 1 rings (SSSR count). The first-order valence-electron chi connectivity index (χ1n) is 4.54. The monoisotopic (exact) mass is 297 g/mol. The summed E-state index contributed by atoms with van der Waals surface area (Å²) in [6.45, 7) is 1.16. The highest BCUT2D eigenvalue weighted by Gasteiger charge is 2.43. The fraction of sp³-hybridized carbons (Fsp3) is 0.200. The topological polar surface area (TPSA) is 66.4 Å². The SMILES string of the molecule is CC(=O)Nc1cc(Cl)c(Cl)c(C(F)(F)C(=O)O)c1. The van der Waals surface area contributed by atoms with Crippen LogP contribution in [0.2, 0.25) is 10.0 Å². The minimum atomic E-state index is -4.20. The highest BCUT2D eigenvalue weighted by molar-refractivity contribution is 6.43. The van der Waals surface area contributed by atoms with E-state index in [9.17, 15) is 18.4 Å². The molecule has 0 unspecified atom stereocenters. The van der Waals surface area contributed by atoms with Crippen LogP contribution < -0.4 is 5.32 Å². The number of carbonyl (C=O) groups is 2. The van der Waals surface area contributed by atoms with E-state index in [1.54, 1.807) is 0 Å². The van der Waals surface area contributed by atoms with Gasteiger partial charge in [0.25, 0.3) is 0 Å². The Morgan fingerprint density at radius 3 is 2.33 bits per heavy atom. The molecule has 0 aliphatic rings. The first kappa shape index (κ1) is 14.7. The quantitative estimate of drug-likeness (QED) is 0.901. The van der Waals surface area contributed by atoms with Crippen molar-refractivity contribution in [3.05, 3.63) is 27.7 Å². The summed E-state index contributed by atoms with van der Waals surface area (Å²) >= 11 is 11.1. The fourth-order valence-electron chi connectivity index (χ4n) is 1.21. The molecule has 0 saturated carbocycles. The highest BCUT2D eigenvalue weighted by atomic mass is 35.5. The van der Waals surface area contributed by atoms with Gasteiger partial charge in [0.1, 0.15) is 0 Å². The van der Waals surface area contributed by atoms with Crippen LogP contribution in [0.5, 0.6) is 0 Å². The Morgan fingerprint density at radius 1 is 1.33 bits per heavy atom. The second-order valence-electron chi connectivity index (χ2n) is 3.38.